The standard InChI is InChI=1S/C37H47FN3O10PS/c1-6-50-52(47,51-7-2)33(38)24-13-14-28-25(19-24)20-29(53-28)34(44)39-32(37(3,4)5)36(46)41-16-15-26(49-22-30(42)43)31(41)35(45)40-17-18-48-27(21-40)23-11-9-8-10-12-23/h8-14,19-20,26-27,31-33H,6-7,15-18,21-22H2,1-5H3,(H,39,44)(H,42,43)/t26-,27+,31+,32-,33?/m1/s1. The number of hydrogen-bond donors (Lipinski definition) is 2. The molecule has 2 fully saturated rings. The van der Waals surface area contributed by atoms with Gasteiger partial charge in [-0.15, -0.1) is 11.3 Å². The monoisotopic (exact) mass is 775 g/mol. The highest BCUT2D eigenvalue weighted by molar-refractivity contribution is 7.54. The third-order valence-electron chi connectivity index (χ3n) is 9.17. The second kappa shape index (κ2) is 17.2. The van der Waals surface area contributed by atoms with Crippen LogP contribution in [-0.2, 0) is 37.5 Å². The van der Waals surface area contributed by atoms with Crippen molar-refractivity contribution in [3.8, 4) is 0 Å². The van der Waals surface area contributed by atoms with Crippen LogP contribution in [0, 0.1) is 5.41 Å². The van der Waals surface area contributed by atoms with Crippen molar-refractivity contribution < 1.29 is 51.8 Å². The molecule has 0 saturated carbocycles. The van der Waals surface area contributed by atoms with Gasteiger partial charge in [-0.05, 0) is 60.4 Å². The number of morpholine rings is 1. The lowest BCUT2D eigenvalue weighted by Crippen LogP contribution is -2.60. The summed E-state index contributed by atoms with van der Waals surface area (Å²) in [5.74, 6) is -4.69. The molecule has 2 aromatic carbocycles. The van der Waals surface area contributed by atoms with Crippen LogP contribution in [0.3, 0.4) is 0 Å². The Balaban J connectivity index is 1.38. The molecule has 53 heavy (non-hydrogen) atoms. The molecule has 288 valence electrons. The van der Waals surface area contributed by atoms with E-state index in [2.05, 4.69) is 5.32 Å². The highest BCUT2D eigenvalue weighted by atomic mass is 32.1. The van der Waals surface area contributed by atoms with E-state index in [0.717, 1.165) is 16.9 Å². The zero-order chi connectivity index (χ0) is 38.5. The summed E-state index contributed by atoms with van der Waals surface area (Å²) in [6.07, 6.45) is -1.04. The average molecular weight is 776 g/mol. The maximum atomic E-state index is 15.5. The number of nitrogens with zero attached hydrogens (tertiary/aromatic N) is 2. The number of carboxylic acids is 1. The number of fused-ring (bicyclic) bond motifs is 1. The fraction of sp³-hybridized carbons (Fsp3) is 0.514. The smallest absolute Gasteiger partial charge is 0.369 e. The van der Waals surface area contributed by atoms with Crippen molar-refractivity contribution in [1.29, 1.82) is 0 Å². The molecule has 2 aliphatic heterocycles. The Morgan fingerprint density at radius 2 is 1.75 bits per heavy atom. The van der Waals surface area contributed by atoms with Crippen molar-refractivity contribution in [2.75, 3.05) is 46.1 Å². The lowest BCUT2D eigenvalue weighted by molar-refractivity contribution is -0.157. The fourth-order valence-electron chi connectivity index (χ4n) is 6.61. The third-order valence-corrected chi connectivity index (χ3v) is 12.4. The quantitative estimate of drug-likeness (QED) is 0.187. The minimum absolute atomic E-state index is 0.000662. The van der Waals surface area contributed by atoms with Crippen LogP contribution >= 0.6 is 18.9 Å². The number of carbonyl (C=O) groups excluding carboxylic acids is 3. The molecule has 0 radical (unpaired) electrons. The molecule has 0 bridgehead atoms. The van der Waals surface area contributed by atoms with Crippen molar-refractivity contribution in [3.63, 3.8) is 0 Å². The predicted octanol–water partition coefficient (Wildman–Crippen LogP) is 5.95. The molecule has 3 aromatic rings. The summed E-state index contributed by atoms with van der Waals surface area (Å²) in [6.45, 7) is 8.82. The molecule has 3 amide bonds. The van der Waals surface area contributed by atoms with Gasteiger partial charge in [-0.25, -0.2) is 9.18 Å². The zero-order valence-corrected chi connectivity index (χ0v) is 32.2. The molecular weight excluding hydrogens is 728 g/mol. The van der Waals surface area contributed by atoms with Gasteiger partial charge in [0.15, 0.2) is 0 Å². The lowest BCUT2D eigenvalue weighted by atomic mass is 9.85. The Labute approximate surface area is 312 Å². The van der Waals surface area contributed by atoms with Crippen molar-refractivity contribution in [2.24, 2.45) is 5.41 Å². The van der Waals surface area contributed by atoms with Crippen molar-refractivity contribution in [1.82, 2.24) is 15.1 Å². The lowest BCUT2D eigenvalue weighted by Gasteiger charge is -2.39. The first-order chi connectivity index (χ1) is 25.2. The molecule has 2 aliphatic rings. The van der Waals surface area contributed by atoms with Crippen molar-refractivity contribution in [3.05, 3.63) is 70.6 Å². The maximum absolute atomic E-state index is 15.5. The van der Waals surface area contributed by atoms with E-state index in [1.807, 2.05) is 30.3 Å². The molecule has 5 rings (SSSR count). The summed E-state index contributed by atoms with van der Waals surface area (Å²) < 4.78 is 51.3. The molecule has 2 N–H and O–H groups in total. The van der Waals surface area contributed by atoms with Gasteiger partial charge in [0.25, 0.3) is 5.91 Å². The third kappa shape index (κ3) is 9.33. The number of carbonyl (C=O) groups is 4. The van der Waals surface area contributed by atoms with Gasteiger partial charge in [0.05, 0.1) is 37.3 Å². The Morgan fingerprint density at radius 1 is 1.06 bits per heavy atom. The first-order valence-corrected chi connectivity index (χ1v) is 20.1. The Bertz CT molecular complexity index is 1830. The van der Waals surface area contributed by atoms with Crippen LogP contribution in [0.4, 0.5) is 4.39 Å². The number of rotatable bonds is 14. The van der Waals surface area contributed by atoms with Gasteiger partial charge < -0.3 is 38.7 Å². The molecule has 2 saturated heterocycles. The molecule has 1 aromatic heterocycles. The van der Waals surface area contributed by atoms with Gasteiger partial charge in [-0.2, -0.15) is 0 Å². The first-order valence-electron chi connectivity index (χ1n) is 17.6. The number of nitrogens with one attached hydrogen (secondary N) is 1. The number of aliphatic carboxylic acids is 1. The normalized spacial score (nSPS) is 20.7. The summed E-state index contributed by atoms with van der Waals surface area (Å²) in [5, 5.41) is 12.8. The molecule has 3 heterocycles. The van der Waals surface area contributed by atoms with Gasteiger partial charge in [-0.1, -0.05) is 57.2 Å². The highest BCUT2D eigenvalue weighted by Gasteiger charge is 2.49. The number of halogens is 1. The van der Waals surface area contributed by atoms with Crippen LogP contribution in [0.15, 0.2) is 54.6 Å². The number of likely N-dealkylation sites (tertiary alicyclic amines) is 1. The Hall–Kier alpha value is -3.72. The molecule has 1 unspecified atom stereocenters. The number of carboxylic acid groups (broad SMARTS) is 1. The largest absolute Gasteiger partial charge is 0.480 e. The molecule has 0 aliphatic carbocycles. The fourth-order valence-corrected chi connectivity index (χ4v) is 9.14. The van der Waals surface area contributed by atoms with E-state index in [1.54, 1.807) is 51.7 Å². The van der Waals surface area contributed by atoms with Crippen LogP contribution in [0.1, 0.15) is 73.9 Å². The molecular formula is C37H47FN3O10PS. The molecule has 5 atom stereocenters. The van der Waals surface area contributed by atoms with E-state index in [9.17, 15) is 28.8 Å². The second-order valence-corrected chi connectivity index (χ2v) is 17.1. The highest BCUT2D eigenvalue weighted by Crippen LogP contribution is 2.62. The van der Waals surface area contributed by atoms with E-state index in [0.29, 0.717) is 10.1 Å². The summed E-state index contributed by atoms with van der Waals surface area (Å²) in [4.78, 5) is 57.3. The number of benzene rings is 2. The Kier molecular flexibility index (Phi) is 13.1. The number of thiophene rings is 1. The van der Waals surface area contributed by atoms with Gasteiger partial charge in [-0.3, -0.25) is 18.9 Å². The van der Waals surface area contributed by atoms with Crippen LogP contribution in [0.2, 0.25) is 0 Å². The van der Waals surface area contributed by atoms with Crippen LogP contribution in [0.5, 0.6) is 0 Å². The van der Waals surface area contributed by atoms with Gasteiger partial charge in [0.1, 0.15) is 24.8 Å². The van der Waals surface area contributed by atoms with E-state index >= 15 is 4.39 Å². The minimum Gasteiger partial charge on any atom is -0.480 e. The summed E-state index contributed by atoms with van der Waals surface area (Å²) in [5.41, 5.74) is 0.162. The Morgan fingerprint density at radius 3 is 2.40 bits per heavy atom. The van der Waals surface area contributed by atoms with E-state index in [-0.39, 0.29) is 68.3 Å². The number of alkyl halides is 1. The van der Waals surface area contributed by atoms with Gasteiger partial charge in [0.2, 0.25) is 17.7 Å². The second-order valence-electron chi connectivity index (χ2n) is 14.0. The van der Waals surface area contributed by atoms with E-state index in [4.69, 9.17) is 18.5 Å². The first kappa shape index (κ1) is 40.5. The summed E-state index contributed by atoms with van der Waals surface area (Å²) in [7, 11) is -4.09. The molecule has 0 spiro atoms. The molecule has 16 heteroatoms. The minimum atomic E-state index is -4.09. The SMILES string of the molecule is CCOP(=O)(OCC)C(F)c1ccc2sc(C(=O)N[C@H](C(=O)N3CC[C@@H](OCC(=O)O)[C@H]3C(=O)N3CCO[C@H](c4ccccc4)C3)C(C)(C)C)cc2c1. The zero-order valence-electron chi connectivity index (χ0n) is 30.5. The summed E-state index contributed by atoms with van der Waals surface area (Å²) in [6, 6.07) is 13.4. The van der Waals surface area contributed by atoms with Crippen LogP contribution in [-0.4, -0.2) is 103 Å². The summed E-state index contributed by atoms with van der Waals surface area (Å²) >= 11 is 1.14. The van der Waals surface area contributed by atoms with Gasteiger partial charge in [0, 0.05) is 17.8 Å². The van der Waals surface area contributed by atoms with Crippen molar-refractivity contribution in [2.45, 2.75) is 71.2 Å². The number of ether oxygens (including phenoxy) is 2. The van der Waals surface area contributed by atoms with Crippen molar-refractivity contribution >= 4 is 52.7 Å². The van der Waals surface area contributed by atoms with E-state index in [1.165, 1.54) is 17.0 Å². The predicted molar refractivity (Wildman–Crippen MR) is 196 cm³/mol. The topological polar surface area (TPSA) is 161 Å². The van der Waals surface area contributed by atoms with Gasteiger partial charge >= 0.3 is 13.6 Å². The maximum Gasteiger partial charge on any atom is 0.369 e. The number of hydrogen-bond acceptors (Lipinski definition) is 10. The number of amides is 3. The average Bonchev–Trinajstić information content (AvgIpc) is 3.76. The van der Waals surface area contributed by atoms with Crippen LogP contribution < -0.4 is 5.32 Å². The molecule has 13 nitrogen and oxygen atoms in total. The van der Waals surface area contributed by atoms with Crippen LogP contribution in [0.25, 0.3) is 10.1 Å². The van der Waals surface area contributed by atoms with E-state index < -0.39 is 61.5 Å².